The van der Waals surface area contributed by atoms with Gasteiger partial charge in [0.15, 0.2) is 0 Å². The molecule has 2 aromatic rings. The summed E-state index contributed by atoms with van der Waals surface area (Å²) < 4.78 is 5.53. The van der Waals surface area contributed by atoms with E-state index >= 15 is 0 Å². The van der Waals surface area contributed by atoms with Gasteiger partial charge in [0.2, 0.25) is 0 Å². The summed E-state index contributed by atoms with van der Waals surface area (Å²) in [6.07, 6.45) is 0. The lowest BCUT2D eigenvalue weighted by Crippen LogP contribution is -1.96. The fourth-order valence-electron chi connectivity index (χ4n) is 1.36. The van der Waals surface area contributed by atoms with Crippen molar-refractivity contribution in [3.63, 3.8) is 0 Å². The first kappa shape index (κ1) is 12.1. The van der Waals surface area contributed by atoms with Gasteiger partial charge in [-0.05, 0) is 42.5 Å². The molecule has 2 nitrogen and oxygen atoms in total. The Bertz CT molecular complexity index is 509. The number of hydrogen-bond donors (Lipinski definition) is 1. The summed E-state index contributed by atoms with van der Waals surface area (Å²) in [5, 5.41) is 10.4. The molecule has 0 saturated heterocycles. The van der Waals surface area contributed by atoms with Crippen LogP contribution in [0, 0.1) is 0 Å². The Labute approximate surface area is 109 Å². The standard InChI is InChI=1S/C13H10Cl2O2/c14-10-1-6-13(15)9(7-10)8-17-12-4-2-11(16)3-5-12/h1-7,16H,8H2. The molecule has 17 heavy (non-hydrogen) atoms. The summed E-state index contributed by atoms with van der Waals surface area (Å²) in [6, 6.07) is 11.7. The molecule has 0 aliphatic heterocycles. The Kier molecular flexibility index (Phi) is 3.77. The number of phenols is 1. The predicted octanol–water partition coefficient (Wildman–Crippen LogP) is 4.28. The Morgan fingerprint density at radius 1 is 1.00 bits per heavy atom. The minimum atomic E-state index is 0.207. The number of halogens is 2. The summed E-state index contributed by atoms with van der Waals surface area (Å²) in [4.78, 5) is 0. The van der Waals surface area contributed by atoms with Crippen LogP contribution < -0.4 is 4.74 Å². The third kappa shape index (κ3) is 3.29. The van der Waals surface area contributed by atoms with E-state index in [4.69, 9.17) is 33.0 Å². The molecule has 0 aliphatic rings. The molecule has 88 valence electrons. The van der Waals surface area contributed by atoms with E-state index in [1.807, 2.05) is 0 Å². The van der Waals surface area contributed by atoms with Gasteiger partial charge in [0.25, 0.3) is 0 Å². The second kappa shape index (κ2) is 5.30. The molecule has 0 atom stereocenters. The van der Waals surface area contributed by atoms with Crippen molar-refractivity contribution in [2.45, 2.75) is 6.61 Å². The molecule has 4 heteroatoms. The van der Waals surface area contributed by atoms with Crippen molar-refractivity contribution in [1.29, 1.82) is 0 Å². The molecule has 0 fully saturated rings. The van der Waals surface area contributed by atoms with Gasteiger partial charge in [-0.15, -0.1) is 0 Å². The van der Waals surface area contributed by atoms with Gasteiger partial charge < -0.3 is 9.84 Å². The van der Waals surface area contributed by atoms with Crippen LogP contribution in [0.4, 0.5) is 0 Å². The van der Waals surface area contributed by atoms with Crippen LogP contribution in [-0.2, 0) is 6.61 Å². The SMILES string of the molecule is Oc1ccc(OCc2cc(Cl)ccc2Cl)cc1. The number of hydrogen-bond acceptors (Lipinski definition) is 2. The molecular weight excluding hydrogens is 259 g/mol. The first-order valence-corrected chi connectivity index (χ1v) is 5.76. The second-order valence-electron chi connectivity index (χ2n) is 3.52. The molecule has 2 rings (SSSR count). The summed E-state index contributed by atoms with van der Waals surface area (Å²) in [5.41, 5.74) is 0.826. The van der Waals surface area contributed by atoms with Crippen molar-refractivity contribution in [3.05, 3.63) is 58.1 Å². The van der Waals surface area contributed by atoms with Crippen LogP contribution in [0.2, 0.25) is 10.0 Å². The van der Waals surface area contributed by atoms with E-state index in [2.05, 4.69) is 0 Å². The van der Waals surface area contributed by atoms with Crippen molar-refractivity contribution >= 4 is 23.2 Å². The number of rotatable bonds is 3. The number of aromatic hydroxyl groups is 1. The number of phenolic OH excluding ortho intramolecular Hbond substituents is 1. The van der Waals surface area contributed by atoms with Crippen LogP contribution in [0.1, 0.15) is 5.56 Å². The van der Waals surface area contributed by atoms with Gasteiger partial charge >= 0.3 is 0 Å². The van der Waals surface area contributed by atoms with Gasteiger partial charge in [-0.25, -0.2) is 0 Å². The van der Waals surface area contributed by atoms with Crippen LogP contribution in [0.25, 0.3) is 0 Å². The van der Waals surface area contributed by atoms with E-state index in [9.17, 15) is 0 Å². The molecule has 2 aromatic carbocycles. The summed E-state index contributed by atoms with van der Waals surface area (Å²) in [7, 11) is 0. The molecule has 0 aliphatic carbocycles. The van der Waals surface area contributed by atoms with E-state index in [0.29, 0.717) is 22.4 Å². The van der Waals surface area contributed by atoms with E-state index in [1.165, 1.54) is 0 Å². The van der Waals surface area contributed by atoms with E-state index in [-0.39, 0.29) is 5.75 Å². The van der Waals surface area contributed by atoms with Crippen molar-refractivity contribution < 1.29 is 9.84 Å². The largest absolute Gasteiger partial charge is 0.508 e. The third-order valence-electron chi connectivity index (χ3n) is 2.24. The molecule has 0 amide bonds. The minimum Gasteiger partial charge on any atom is -0.508 e. The monoisotopic (exact) mass is 268 g/mol. The zero-order valence-electron chi connectivity index (χ0n) is 8.86. The molecular formula is C13H10Cl2O2. The Balaban J connectivity index is 2.07. The lowest BCUT2D eigenvalue weighted by molar-refractivity contribution is 0.306. The van der Waals surface area contributed by atoms with Crippen LogP contribution in [0.5, 0.6) is 11.5 Å². The van der Waals surface area contributed by atoms with Crippen LogP contribution >= 0.6 is 23.2 Å². The van der Waals surface area contributed by atoms with Crippen LogP contribution in [0.15, 0.2) is 42.5 Å². The smallest absolute Gasteiger partial charge is 0.120 e. The van der Waals surface area contributed by atoms with E-state index < -0.39 is 0 Å². The minimum absolute atomic E-state index is 0.207. The highest BCUT2D eigenvalue weighted by Gasteiger charge is 2.02. The first-order valence-electron chi connectivity index (χ1n) is 5.01. The van der Waals surface area contributed by atoms with Crippen molar-refractivity contribution in [2.24, 2.45) is 0 Å². The average Bonchev–Trinajstić information content (AvgIpc) is 2.32. The fourth-order valence-corrected chi connectivity index (χ4v) is 1.72. The Morgan fingerprint density at radius 3 is 2.41 bits per heavy atom. The lowest BCUT2D eigenvalue weighted by atomic mass is 10.2. The molecule has 1 N–H and O–H groups in total. The van der Waals surface area contributed by atoms with Crippen molar-refractivity contribution in [2.75, 3.05) is 0 Å². The topological polar surface area (TPSA) is 29.5 Å². The van der Waals surface area contributed by atoms with Crippen molar-refractivity contribution in [1.82, 2.24) is 0 Å². The normalized spacial score (nSPS) is 10.2. The van der Waals surface area contributed by atoms with Crippen LogP contribution in [-0.4, -0.2) is 5.11 Å². The predicted molar refractivity (Wildman–Crippen MR) is 68.9 cm³/mol. The van der Waals surface area contributed by atoms with E-state index in [0.717, 1.165) is 5.56 Å². The molecule has 0 radical (unpaired) electrons. The fraction of sp³-hybridized carbons (Fsp3) is 0.0769. The third-order valence-corrected chi connectivity index (χ3v) is 2.84. The second-order valence-corrected chi connectivity index (χ2v) is 4.36. The summed E-state index contributed by atoms with van der Waals surface area (Å²) >= 11 is 11.9. The highest BCUT2D eigenvalue weighted by atomic mass is 35.5. The molecule has 0 heterocycles. The zero-order chi connectivity index (χ0) is 12.3. The van der Waals surface area contributed by atoms with E-state index in [1.54, 1.807) is 42.5 Å². The Morgan fingerprint density at radius 2 is 1.71 bits per heavy atom. The molecule has 0 spiro atoms. The molecule has 0 bridgehead atoms. The first-order chi connectivity index (χ1) is 8.15. The maximum absolute atomic E-state index is 9.13. The molecule has 0 saturated carbocycles. The van der Waals surface area contributed by atoms with Gasteiger partial charge in [0.1, 0.15) is 18.1 Å². The highest BCUT2D eigenvalue weighted by molar-refractivity contribution is 6.33. The summed E-state index contributed by atoms with van der Waals surface area (Å²) in [5.74, 6) is 0.872. The van der Waals surface area contributed by atoms with Gasteiger partial charge in [-0.2, -0.15) is 0 Å². The van der Waals surface area contributed by atoms with Gasteiger partial charge in [-0.1, -0.05) is 23.2 Å². The zero-order valence-corrected chi connectivity index (χ0v) is 10.4. The molecule has 0 unspecified atom stereocenters. The van der Waals surface area contributed by atoms with Crippen LogP contribution in [0.3, 0.4) is 0 Å². The Hall–Kier alpha value is -1.38. The summed E-state index contributed by atoms with van der Waals surface area (Å²) in [6.45, 7) is 0.337. The quantitative estimate of drug-likeness (QED) is 0.901. The average molecular weight is 269 g/mol. The maximum Gasteiger partial charge on any atom is 0.120 e. The highest BCUT2D eigenvalue weighted by Crippen LogP contribution is 2.23. The number of benzene rings is 2. The number of ether oxygens (including phenoxy) is 1. The van der Waals surface area contributed by atoms with Crippen molar-refractivity contribution in [3.8, 4) is 11.5 Å². The van der Waals surface area contributed by atoms with Gasteiger partial charge in [0.05, 0.1) is 0 Å². The molecule has 0 aromatic heterocycles. The van der Waals surface area contributed by atoms with Gasteiger partial charge in [-0.3, -0.25) is 0 Å². The van der Waals surface area contributed by atoms with Gasteiger partial charge in [0, 0.05) is 15.6 Å². The maximum atomic E-state index is 9.13. The lowest BCUT2D eigenvalue weighted by Gasteiger charge is -2.08.